The van der Waals surface area contributed by atoms with Crippen LogP contribution in [0, 0.1) is 6.07 Å². The van der Waals surface area contributed by atoms with Gasteiger partial charge in [0.1, 0.15) is 0 Å². The quantitative estimate of drug-likeness (QED) is 0.353. The monoisotopic (exact) mass is 142 g/mol. The summed E-state index contributed by atoms with van der Waals surface area (Å²) >= 11 is 0. The van der Waals surface area contributed by atoms with E-state index in [1.165, 1.54) is 0 Å². The van der Waals surface area contributed by atoms with E-state index in [1.807, 2.05) is 24.3 Å². The minimum absolute atomic E-state index is 0. The molecule has 0 aliphatic rings. The van der Waals surface area contributed by atoms with Crippen LogP contribution in [0.4, 0.5) is 0 Å². The molecule has 0 fully saturated rings. The Labute approximate surface area is 98.4 Å². The molecule has 1 heteroatoms. The second-order valence-electron chi connectivity index (χ2n) is 1.52. The summed E-state index contributed by atoms with van der Waals surface area (Å²) in [6, 6.07) is 10.7. The molecule has 0 aliphatic heterocycles. The standard InChI is InChI=1S/C8H7.K/c1-2-8-6-4-3-5-7-8;/h2-6H,1H2;/q-1;+1. The first-order valence-corrected chi connectivity index (χ1v) is 2.52. The molecule has 0 saturated heterocycles. The predicted molar refractivity (Wildman–Crippen MR) is 35.4 cm³/mol. The van der Waals surface area contributed by atoms with Gasteiger partial charge in [-0.2, -0.15) is 5.56 Å². The summed E-state index contributed by atoms with van der Waals surface area (Å²) in [6.45, 7) is 3.60. The van der Waals surface area contributed by atoms with Crippen molar-refractivity contribution in [2.45, 2.75) is 0 Å². The molecule has 0 unspecified atom stereocenters. The SMILES string of the molecule is C=Cc1[c-]cccc1.[K+]. The van der Waals surface area contributed by atoms with Gasteiger partial charge in [0.15, 0.2) is 0 Å². The normalized spacial score (nSPS) is 7.56. The second-order valence-corrected chi connectivity index (χ2v) is 1.52. The molecule has 0 radical (unpaired) electrons. The first-order chi connectivity index (χ1) is 3.93. The van der Waals surface area contributed by atoms with Crippen LogP contribution in [-0.2, 0) is 0 Å². The van der Waals surface area contributed by atoms with Crippen molar-refractivity contribution in [1.29, 1.82) is 0 Å². The van der Waals surface area contributed by atoms with Crippen molar-refractivity contribution < 1.29 is 51.4 Å². The molecule has 1 aromatic rings. The number of hydrogen-bond acceptors (Lipinski definition) is 0. The summed E-state index contributed by atoms with van der Waals surface area (Å²) in [5.74, 6) is 0. The number of rotatable bonds is 1. The third kappa shape index (κ3) is 3.33. The Bertz CT molecular complexity index is 167. The van der Waals surface area contributed by atoms with Crippen molar-refractivity contribution in [2.24, 2.45) is 0 Å². The molecule has 0 amide bonds. The van der Waals surface area contributed by atoms with Gasteiger partial charge in [0.05, 0.1) is 0 Å². The van der Waals surface area contributed by atoms with Crippen LogP contribution in [0.1, 0.15) is 5.56 Å². The van der Waals surface area contributed by atoms with E-state index in [1.54, 1.807) is 6.08 Å². The average Bonchev–Trinajstić information content (AvgIpc) is 1.90. The van der Waals surface area contributed by atoms with E-state index in [9.17, 15) is 0 Å². The Kier molecular flexibility index (Phi) is 5.74. The van der Waals surface area contributed by atoms with Gasteiger partial charge in [-0.25, -0.2) is 0 Å². The summed E-state index contributed by atoms with van der Waals surface area (Å²) in [7, 11) is 0. The molecule has 0 spiro atoms. The number of benzene rings is 1. The van der Waals surface area contributed by atoms with Gasteiger partial charge in [0.25, 0.3) is 0 Å². The largest absolute Gasteiger partial charge is 1.00 e. The van der Waals surface area contributed by atoms with E-state index < -0.39 is 0 Å². The molecule has 0 heterocycles. The third-order valence-corrected chi connectivity index (χ3v) is 0.953. The first-order valence-electron chi connectivity index (χ1n) is 2.52. The van der Waals surface area contributed by atoms with Crippen LogP contribution in [0.2, 0.25) is 0 Å². The van der Waals surface area contributed by atoms with E-state index in [0.717, 1.165) is 5.56 Å². The summed E-state index contributed by atoms with van der Waals surface area (Å²) in [4.78, 5) is 0. The molecule has 0 aromatic heterocycles. The van der Waals surface area contributed by atoms with E-state index in [0.29, 0.717) is 0 Å². The van der Waals surface area contributed by atoms with Gasteiger partial charge in [-0.05, 0) is 0 Å². The van der Waals surface area contributed by atoms with Crippen LogP contribution in [0.15, 0.2) is 30.8 Å². The molecular formula is C8H7K. The molecule has 1 aromatic carbocycles. The van der Waals surface area contributed by atoms with E-state index in [-0.39, 0.29) is 51.4 Å². The van der Waals surface area contributed by atoms with Gasteiger partial charge in [-0.3, -0.25) is 0 Å². The van der Waals surface area contributed by atoms with Crippen molar-refractivity contribution in [1.82, 2.24) is 0 Å². The predicted octanol–water partition coefficient (Wildman–Crippen LogP) is -0.866. The Morgan fingerprint density at radius 1 is 1.44 bits per heavy atom. The van der Waals surface area contributed by atoms with Crippen LogP contribution in [0.5, 0.6) is 0 Å². The van der Waals surface area contributed by atoms with Gasteiger partial charge in [-0.1, -0.05) is 0 Å². The topological polar surface area (TPSA) is 0 Å². The number of hydrogen-bond donors (Lipinski definition) is 0. The Hall–Kier alpha value is 0.596. The van der Waals surface area contributed by atoms with E-state index >= 15 is 0 Å². The molecule has 0 bridgehead atoms. The molecule has 0 aliphatic carbocycles. The summed E-state index contributed by atoms with van der Waals surface area (Å²) in [6.07, 6.45) is 1.78. The fourth-order valence-electron chi connectivity index (χ4n) is 0.534. The van der Waals surface area contributed by atoms with Gasteiger partial charge in [-0.15, -0.1) is 43.0 Å². The van der Waals surface area contributed by atoms with Crippen LogP contribution in [0.3, 0.4) is 0 Å². The van der Waals surface area contributed by atoms with E-state index in [2.05, 4.69) is 12.6 Å². The maximum absolute atomic E-state index is 3.60. The molecular weight excluding hydrogens is 135 g/mol. The maximum Gasteiger partial charge on any atom is 1.00 e. The first kappa shape index (κ1) is 9.60. The summed E-state index contributed by atoms with van der Waals surface area (Å²) < 4.78 is 0. The fraction of sp³-hybridized carbons (Fsp3) is 0. The third-order valence-electron chi connectivity index (χ3n) is 0.953. The van der Waals surface area contributed by atoms with Gasteiger partial charge in [0.2, 0.25) is 0 Å². The molecule has 9 heavy (non-hydrogen) atoms. The molecule has 0 atom stereocenters. The minimum atomic E-state index is 0. The zero-order chi connectivity index (χ0) is 5.82. The fourth-order valence-corrected chi connectivity index (χ4v) is 0.534. The van der Waals surface area contributed by atoms with Crippen molar-refractivity contribution in [3.05, 3.63) is 42.5 Å². The molecule has 40 valence electrons. The molecule has 0 saturated carbocycles. The summed E-state index contributed by atoms with van der Waals surface area (Å²) in [5.41, 5.74) is 1.05. The average molecular weight is 142 g/mol. The smallest absolute Gasteiger partial charge is 0.151 e. The van der Waals surface area contributed by atoms with Crippen LogP contribution in [0.25, 0.3) is 6.08 Å². The molecule has 1 rings (SSSR count). The Morgan fingerprint density at radius 3 is 2.56 bits per heavy atom. The van der Waals surface area contributed by atoms with Crippen molar-refractivity contribution >= 4 is 6.08 Å². The Balaban J connectivity index is 0.000000640. The maximum atomic E-state index is 3.60. The van der Waals surface area contributed by atoms with Gasteiger partial charge < -0.3 is 0 Å². The molecule has 0 nitrogen and oxygen atoms in total. The van der Waals surface area contributed by atoms with Crippen LogP contribution >= 0.6 is 0 Å². The van der Waals surface area contributed by atoms with Crippen molar-refractivity contribution in [2.75, 3.05) is 0 Å². The van der Waals surface area contributed by atoms with Crippen molar-refractivity contribution in [3.63, 3.8) is 0 Å². The minimum Gasteiger partial charge on any atom is -0.151 e. The van der Waals surface area contributed by atoms with E-state index in [4.69, 9.17) is 0 Å². The van der Waals surface area contributed by atoms with Crippen LogP contribution < -0.4 is 51.4 Å². The second kappa shape index (κ2) is 5.39. The zero-order valence-corrected chi connectivity index (χ0v) is 8.72. The van der Waals surface area contributed by atoms with Crippen molar-refractivity contribution in [3.8, 4) is 0 Å². The van der Waals surface area contributed by atoms with Gasteiger partial charge >= 0.3 is 51.4 Å². The molecule has 0 N–H and O–H groups in total. The Morgan fingerprint density at radius 2 is 2.22 bits per heavy atom. The zero-order valence-electron chi connectivity index (χ0n) is 5.59. The van der Waals surface area contributed by atoms with Gasteiger partial charge in [0, 0.05) is 0 Å². The summed E-state index contributed by atoms with van der Waals surface area (Å²) in [5, 5.41) is 0. The van der Waals surface area contributed by atoms with Crippen LogP contribution in [-0.4, -0.2) is 0 Å².